The van der Waals surface area contributed by atoms with Crippen LogP contribution in [0.25, 0.3) is 10.6 Å². The van der Waals surface area contributed by atoms with Crippen molar-refractivity contribution in [3.63, 3.8) is 0 Å². The molecule has 0 aliphatic heterocycles. The summed E-state index contributed by atoms with van der Waals surface area (Å²) >= 11 is 1.74. The van der Waals surface area contributed by atoms with Gasteiger partial charge in [-0.05, 0) is 18.0 Å². The zero-order chi connectivity index (χ0) is 15.5. The fraction of sp³-hybridized carbons (Fsp3) is 0.471. The Kier molecular flexibility index (Phi) is 5.14. The first kappa shape index (κ1) is 16.1. The Morgan fingerprint density at radius 2 is 1.86 bits per heavy atom. The predicted octanol–water partition coefficient (Wildman–Crippen LogP) is 3.97. The van der Waals surface area contributed by atoms with E-state index in [1.807, 2.05) is 7.05 Å². The molecule has 0 saturated heterocycles. The van der Waals surface area contributed by atoms with Gasteiger partial charge in [0.15, 0.2) is 0 Å². The second-order valence-corrected chi connectivity index (χ2v) is 7.26. The molecule has 0 atom stereocenters. The molecule has 0 amide bonds. The molecule has 1 heterocycles. The molecule has 0 radical (unpaired) electrons. The maximum Gasteiger partial charge on any atom is 0.124 e. The molecule has 0 bridgehead atoms. The molecule has 0 spiro atoms. The summed E-state index contributed by atoms with van der Waals surface area (Å²) in [5.74, 6) is 0. The van der Waals surface area contributed by atoms with Gasteiger partial charge in [-0.15, -0.1) is 11.3 Å². The van der Waals surface area contributed by atoms with Crippen molar-refractivity contribution in [2.45, 2.75) is 39.3 Å². The lowest BCUT2D eigenvalue weighted by atomic mass is 9.87. The van der Waals surface area contributed by atoms with Gasteiger partial charge in [0, 0.05) is 24.1 Å². The smallest absolute Gasteiger partial charge is 0.124 e. The number of methoxy groups -OCH3 is 1. The van der Waals surface area contributed by atoms with Gasteiger partial charge in [-0.3, -0.25) is 0 Å². The largest absolute Gasteiger partial charge is 0.378 e. The van der Waals surface area contributed by atoms with Gasteiger partial charge < -0.3 is 10.1 Å². The normalized spacial score (nSPS) is 11.9. The van der Waals surface area contributed by atoms with Crippen molar-refractivity contribution in [3.8, 4) is 10.6 Å². The molecule has 1 aromatic heterocycles. The Bertz CT molecular complexity index is 558. The highest BCUT2D eigenvalue weighted by molar-refractivity contribution is 7.15. The minimum Gasteiger partial charge on any atom is -0.378 e. The van der Waals surface area contributed by atoms with Gasteiger partial charge in [0.1, 0.15) is 5.01 Å². The maximum absolute atomic E-state index is 5.24. The van der Waals surface area contributed by atoms with Gasteiger partial charge in [0.05, 0.1) is 12.3 Å². The maximum atomic E-state index is 5.24. The third kappa shape index (κ3) is 3.90. The molecule has 4 heteroatoms. The Labute approximate surface area is 131 Å². The van der Waals surface area contributed by atoms with Gasteiger partial charge in [-0.2, -0.15) is 0 Å². The second-order valence-electron chi connectivity index (χ2n) is 6.18. The quantitative estimate of drug-likeness (QED) is 0.907. The average molecular weight is 304 g/mol. The predicted molar refractivity (Wildman–Crippen MR) is 89.7 cm³/mol. The van der Waals surface area contributed by atoms with Crippen molar-refractivity contribution >= 4 is 11.3 Å². The highest BCUT2D eigenvalue weighted by Crippen LogP contribution is 2.30. The highest BCUT2D eigenvalue weighted by Gasteiger charge is 2.15. The molecule has 0 saturated carbocycles. The molecule has 21 heavy (non-hydrogen) atoms. The van der Waals surface area contributed by atoms with Crippen molar-refractivity contribution in [3.05, 3.63) is 40.4 Å². The summed E-state index contributed by atoms with van der Waals surface area (Å²) in [6.07, 6.45) is 0. The topological polar surface area (TPSA) is 34.2 Å². The van der Waals surface area contributed by atoms with Crippen LogP contribution < -0.4 is 5.32 Å². The Morgan fingerprint density at radius 3 is 2.38 bits per heavy atom. The molecular formula is C17H24N2OS. The van der Waals surface area contributed by atoms with Crippen LogP contribution in [-0.2, 0) is 23.3 Å². The van der Waals surface area contributed by atoms with E-state index in [0.717, 1.165) is 17.2 Å². The monoisotopic (exact) mass is 304 g/mol. The first-order valence-electron chi connectivity index (χ1n) is 7.18. The lowest BCUT2D eigenvalue weighted by Crippen LogP contribution is -2.10. The number of benzene rings is 1. The van der Waals surface area contributed by atoms with Crippen LogP contribution in [0.2, 0.25) is 0 Å². The molecule has 1 aromatic carbocycles. The Balaban J connectivity index is 2.31. The van der Waals surface area contributed by atoms with Gasteiger partial charge in [0.2, 0.25) is 0 Å². The van der Waals surface area contributed by atoms with Crippen molar-refractivity contribution in [2.24, 2.45) is 0 Å². The van der Waals surface area contributed by atoms with E-state index in [2.05, 4.69) is 50.4 Å². The van der Waals surface area contributed by atoms with Crippen LogP contribution in [0.1, 0.15) is 36.9 Å². The summed E-state index contributed by atoms with van der Waals surface area (Å²) in [4.78, 5) is 5.98. The molecule has 2 aromatic rings. The first-order chi connectivity index (χ1) is 9.95. The van der Waals surface area contributed by atoms with Crippen LogP contribution in [-0.4, -0.2) is 19.1 Å². The summed E-state index contributed by atoms with van der Waals surface area (Å²) in [5, 5.41) is 4.25. The fourth-order valence-corrected chi connectivity index (χ4v) is 3.25. The van der Waals surface area contributed by atoms with Crippen molar-refractivity contribution in [1.29, 1.82) is 0 Å². The van der Waals surface area contributed by atoms with Gasteiger partial charge in [-0.25, -0.2) is 4.98 Å². The van der Waals surface area contributed by atoms with E-state index < -0.39 is 0 Å². The van der Waals surface area contributed by atoms with Crippen LogP contribution >= 0.6 is 11.3 Å². The summed E-state index contributed by atoms with van der Waals surface area (Å²) in [7, 11) is 3.66. The number of aromatic nitrogens is 1. The summed E-state index contributed by atoms with van der Waals surface area (Å²) < 4.78 is 5.24. The third-order valence-corrected chi connectivity index (χ3v) is 4.54. The average Bonchev–Trinajstić information content (AvgIpc) is 2.82. The molecule has 0 fully saturated rings. The zero-order valence-corrected chi connectivity index (χ0v) is 14.3. The van der Waals surface area contributed by atoms with E-state index in [-0.39, 0.29) is 5.41 Å². The van der Waals surface area contributed by atoms with Crippen LogP contribution in [0, 0.1) is 0 Å². The highest BCUT2D eigenvalue weighted by atomic mass is 32.1. The number of thiazole rings is 1. The van der Waals surface area contributed by atoms with Crippen LogP contribution in [0.15, 0.2) is 24.3 Å². The number of hydrogen-bond donors (Lipinski definition) is 1. The molecule has 0 aliphatic rings. The van der Waals surface area contributed by atoms with Crippen molar-refractivity contribution in [2.75, 3.05) is 14.2 Å². The first-order valence-corrected chi connectivity index (χ1v) is 8.00. The summed E-state index contributed by atoms with van der Waals surface area (Å²) in [6, 6.07) is 8.73. The third-order valence-electron chi connectivity index (χ3n) is 3.39. The van der Waals surface area contributed by atoms with E-state index in [1.54, 1.807) is 18.4 Å². The summed E-state index contributed by atoms with van der Waals surface area (Å²) in [5.41, 5.74) is 3.73. The zero-order valence-electron chi connectivity index (χ0n) is 13.5. The second kappa shape index (κ2) is 6.69. The van der Waals surface area contributed by atoms with E-state index in [4.69, 9.17) is 9.72 Å². The van der Waals surface area contributed by atoms with E-state index in [0.29, 0.717) is 6.61 Å². The van der Waals surface area contributed by atoms with Crippen molar-refractivity contribution in [1.82, 2.24) is 10.3 Å². The van der Waals surface area contributed by atoms with Crippen LogP contribution in [0.5, 0.6) is 0 Å². The van der Waals surface area contributed by atoms with Gasteiger partial charge in [0.25, 0.3) is 0 Å². The number of nitrogens with zero attached hydrogens (tertiary/aromatic N) is 1. The summed E-state index contributed by atoms with van der Waals surface area (Å²) in [6.45, 7) is 8.08. The Hall–Kier alpha value is -1.23. The van der Waals surface area contributed by atoms with Crippen LogP contribution in [0.4, 0.5) is 0 Å². The molecule has 3 nitrogen and oxygen atoms in total. The van der Waals surface area contributed by atoms with Crippen LogP contribution in [0.3, 0.4) is 0 Å². The van der Waals surface area contributed by atoms with E-state index in [1.165, 1.54) is 16.0 Å². The number of rotatable bonds is 5. The molecular weight excluding hydrogens is 280 g/mol. The minimum absolute atomic E-state index is 0.180. The van der Waals surface area contributed by atoms with E-state index in [9.17, 15) is 0 Å². The molecule has 0 aliphatic carbocycles. The van der Waals surface area contributed by atoms with E-state index >= 15 is 0 Å². The SMILES string of the molecule is CNCc1sc(-c2ccc(C(C)(C)C)cc2)nc1COC. The minimum atomic E-state index is 0.180. The molecule has 0 unspecified atom stereocenters. The standard InChI is InChI=1S/C17H24N2OS/c1-17(2,3)13-8-6-12(7-9-13)16-19-14(11-20-5)15(21-16)10-18-4/h6-9,18H,10-11H2,1-5H3. The molecule has 2 rings (SSSR count). The number of nitrogens with one attached hydrogen (secondary N) is 1. The van der Waals surface area contributed by atoms with Gasteiger partial charge in [-0.1, -0.05) is 45.0 Å². The fourth-order valence-electron chi connectivity index (χ4n) is 2.17. The molecule has 114 valence electrons. The Morgan fingerprint density at radius 1 is 1.19 bits per heavy atom. The lowest BCUT2D eigenvalue weighted by molar-refractivity contribution is 0.181. The van der Waals surface area contributed by atoms with Crippen molar-refractivity contribution < 1.29 is 4.74 Å². The molecule has 1 N–H and O–H groups in total. The lowest BCUT2D eigenvalue weighted by Gasteiger charge is -2.18. The number of ether oxygens (including phenoxy) is 1. The number of hydrogen-bond acceptors (Lipinski definition) is 4. The van der Waals surface area contributed by atoms with Gasteiger partial charge >= 0.3 is 0 Å².